The summed E-state index contributed by atoms with van der Waals surface area (Å²) in [5.41, 5.74) is 2.88. The van der Waals surface area contributed by atoms with Crippen LogP contribution >= 0.6 is 11.9 Å². The van der Waals surface area contributed by atoms with Crippen molar-refractivity contribution in [1.29, 1.82) is 0 Å². The third-order valence-corrected chi connectivity index (χ3v) is 6.36. The predicted octanol–water partition coefficient (Wildman–Crippen LogP) is 2.66. The van der Waals surface area contributed by atoms with Crippen molar-refractivity contribution in [2.75, 3.05) is 12.0 Å². The molecule has 30 heavy (non-hydrogen) atoms. The number of pyridine rings is 1. The molecule has 9 heteroatoms. The molecule has 3 aliphatic rings. The first-order chi connectivity index (χ1) is 14.6. The van der Waals surface area contributed by atoms with E-state index in [0.29, 0.717) is 12.7 Å². The van der Waals surface area contributed by atoms with Crippen LogP contribution in [0.15, 0.2) is 71.3 Å². The van der Waals surface area contributed by atoms with Gasteiger partial charge in [-0.1, -0.05) is 12.6 Å². The molecule has 4 N–H and O–H groups in total. The Hall–Kier alpha value is -2.91. The van der Waals surface area contributed by atoms with E-state index in [1.165, 1.54) is 11.9 Å². The Morgan fingerprint density at radius 2 is 2.17 bits per heavy atom. The van der Waals surface area contributed by atoms with Gasteiger partial charge < -0.3 is 20.3 Å². The smallest absolute Gasteiger partial charge is 0.140 e. The summed E-state index contributed by atoms with van der Waals surface area (Å²) in [5.74, 6) is 1.91. The molecule has 0 radical (unpaired) electrons. The number of nitrogens with zero attached hydrogens (tertiary/aromatic N) is 4. The van der Waals surface area contributed by atoms with Crippen LogP contribution in [0.4, 0.5) is 5.82 Å². The molecule has 3 aliphatic heterocycles. The van der Waals surface area contributed by atoms with E-state index in [4.69, 9.17) is 0 Å². The molecule has 0 saturated carbocycles. The van der Waals surface area contributed by atoms with Crippen LogP contribution in [0.25, 0.3) is 0 Å². The van der Waals surface area contributed by atoms with Crippen molar-refractivity contribution in [2.45, 2.75) is 43.7 Å². The maximum Gasteiger partial charge on any atom is 0.140 e. The van der Waals surface area contributed by atoms with Gasteiger partial charge >= 0.3 is 0 Å². The highest BCUT2D eigenvalue weighted by Gasteiger charge is 2.39. The van der Waals surface area contributed by atoms with Crippen molar-refractivity contribution >= 4 is 17.8 Å². The fourth-order valence-electron chi connectivity index (χ4n) is 4.01. The third kappa shape index (κ3) is 3.54. The van der Waals surface area contributed by atoms with E-state index >= 15 is 0 Å². The normalized spacial score (nSPS) is 26.0. The number of aromatic nitrogens is 3. The number of fused-ring (bicyclic) bond motifs is 4. The van der Waals surface area contributed by atoms with Gasteiger partial charge in [0.15, 0.2) is 0 Å². The Morgan fingerprint density at radius 3 is 2.97 bits per heavy atom. The lowest BCUT2D eigenvalue weighted by Gasteiger charge is -2.51. The topological polar surface area (TPSA) is 82.1 Å². The summed E-state index contributed by atoms with van der Waals surface area (Å²) in [6, 6.07) is 8.40. The zero-order chi connectivity index (χ0) is 20.7. The summed E-state index contributed by atoms with van der Waals surface area (Å²) >= 11 is 1.46. The maximum atomic E-state index is 4.64. The van der Waals surface area contributed by atoms with Crippen molar-refractivity contribution in [2.24, 2.45) is 0 Å². The van der Waals surface area contributed by atoms with E-state index in [1.54, 1.807) is 0 Å². The van der Waals surface area contributed by atoms with Crippen molar-refractivity contribution in [3.63, 3.8) is 0 Å². The molecule has 0 amide bonds. The minimum absolute atomic E-state index is 0.0446. The lowest BCUT2D eigenvalue weighted by Crippen LogP contribution is -2.63. The number of hydrogen-bond acceptors (Lipinski definition) is 8. The molecule has 2 aromatic heterocycles. The van der Waals surface area contributed by atoms with E-state index in [9.17, 15) is 0 Å². The second kappa shape index (κ2) is 7.73. The quantitative estimate of drug-likeness (QED) is 0.522. The van der Waals surface area contributed by atoms with Crippen LogP contribution in [0.1, 0.15) is 25.2 Å². The summed E-state index contributed by atoms with van der Waals surface area (Å²) in [6.45, 7) is 9.20. The van der Waals surface area contributed by atoms with E-state index in [0.717, 1.165) is 40.0 Å². The van der Waals surface area contributed by atoms with Crippen molar-refractivity contribution in [1.82, 2.24) is 35.0 Å². The van der Waals surface area contributed by atoms with Crippen LogP contribution in [-0.4, -0.2) is 38.5 Å². The first-order valence-electron chi connectivity index (χ1n) is 10.1. The molecule has 3 unspecified atom stereocenters. The van der Waals surface area contributed by atoms with E-state index in [-0.39, 0.29) is 12.3 Å². The molecule has 156 valence electrons. The van der Waals surface area contributed by atoms with Gasteiger partial charge in [-0.25, -0.2) is 9.67 Å². The van der Waals surface area contributed by atoms with Crippen molar-refractivity contribution < 1.29 is 0 Å². The van der Waals surface area contributed by atoms with E-state index in [1.807, 2.05) is 42.1 Å². The zero-order valence-corrected chi connectivity index (χ0v) is 17.9. The van der Waals surface area contributed by atoms with Gasteiger partial charge in [-0.3, -0.25) is 5.32 Å². The fourth-order valence-corrected chi connectivity index (χ4v) is 4.64. The van der Waals surface area contributed by atoms with Crippen LogP contribution in [0, 0.1) is 6.92 Å². The molecule has 1 saturated heterocycles. The monoisotopic (exact) mass is 422 g/mol. The average molecular weight is 423 g/mol. The molecule has 0 spiro atoms. The van der Waals surface area contributed by atoms with Crippen LogP contribution < -0.4 is 20.7 Å². The lowest BCUT2D eigenvalue weighted by atomic mass is 9.97. The Balaban J connectivity index is 1.48. The van der Waals surface area contributed by atoms with Crippen LogP contribution in [0.2, 0.25) is 0 Å². The molecule has 0 aromatic carbocycles. The Kier molecular flexibility index (Phi) is 4.92. The molecule has 5 rings (SSSR count). The standard InChI is InChI=1S/C21H26N8S/c1-13-9-10-28(26-13)18-8-7-16-15(3)27-30-20-6-4-5-17(24-20)22-12-23-19-11-14(2)29(19)21(16)25-18/h4-10,14,18-19,23,25,27H,3,11-12H2,1-2H3,(H,22,24). The minimum atomic E-state index is -0.0446. The first kappa shape index (κ1) is 19.1. The highest BCUT2D eigenvalue weighted by Crippen LogP contribution is 2.34. The third-order valence-electron chi connectivity index (χ3n) is 5.58. The summed E-state index contributed by atoms with van der Waals surface area (Å²) in [5, 5.41) is 16.1. The van der Waals surface area contributed by atoms with Crippen LogP contribution in [0.3, 0.4) is 0 Å². The first-order valence-corrected chi connectivity index (χ1v) is 11.0. The number of anilines is 1. The summed E-state index contributed by atoms with van der Waals surface area (Å²) in [4.78, 5) is 7.03. The minimum Gasteiger partial charge on any atom is -0.357 e. The van der Waals surface area contributed by atoms with Gasteiger partial charge in [0.05, 0.1) is 18.5 Å². The largest absolute Gasteiger partial charge is 0.357 e. The van der Waals surface area contributed by atoms with Gasteiger partial charge in [-0.15, -0.1) is 0 Å². The molecular formula is C21H26N8S. The molecule has 2 bridgehead atoms. The predicted molar refractivity (Wildman–Crippen MR) is 119 cm³/mol. The van der Waals surface area contributed by atoms with Gasteiger partial charge in [-0.2, -0.15) is 5.10 Å². The number of dihydropyridines is 1. The second-order valence-corrected chi connectivity index (χ2v) is 8.58. The summed E-state index contributed by atoms with van der Waals surface area (Å²) in [7, 11) is 0. The number of aryl methyl sites for hydroxylation is 1. The summed E-state index contributed by atoms with van der Waals surface area (Å²) in [6.07, 6.45) is 7.50. The van der Waals surface area contributed by atoms with Crippen molar-refractivity contribution in [3.05, 3.63) is 72.0 Å². The molecule has 8 nitrogen and oxygen atoms in total. The fraction of sp³-hybridized carbons (Fsp3) is 0.333. The SMILES string of the molecule is C=C1NSc2cccc(n2)NCNC2CC(C)N2C2=C1C=CC(n1ccc(C)n1)N2. The molecule has 2 aromatic rings. The van der Waals surface area contributed by atoms with Crippen LogP contribution in [0.5, 0.6) is 0 Å². The average Bonchev–Trinajstić information content (AvgIpc) is 3.17. The van der Waals surface area contributed by atoms with Gasteiger partial charge in [0, 0.05) is 41.9 Å². The number of rotatable bonds is 1. The summed E-state index contributed by atoms with van der Waals surface area (Å²) < 4.78 is 5.32. The molecule has 3 atom stereocenters. The number of allylic oxidation sites excluding steroid dienone is 1. The van der Waals surface area contributed by atoms with Gasteiger partial charge in [0.2, 0.25) is 0 Å². The van der Waals surface area contributed by atoms with Gasteiger partial charge in [0.25, 0.3) is 0 Å². The number of hydrogen-bond donors (Lipinski definition) is 4. The van der Waals surface area contributed by atoms with E-state index in [2.05, 4.69) is 61.3 Å². The Morgan fingerprint density at radius 1 is 1.27 bits per heavy atom. The molecule has 5 heterocycles. The molecular weight excluding hydrogens is 396 g/mol. The van der Waals surface area contributed by atoms with Crippen molar-refractivity contribution in [3.8, 4) is 0 Å². The number of nitrogens with one attached hydrogen (secondary N) is 4. The highest BCUT2D eigenvalue weighted by molar-refractivity contribution is 7.97. The molecule has 0 aliphatic carbocycles. The molecule has 1 fully saturated rings. The second-order valence-electron chi connectivity index (χ2n) is 7.76. The Labute approximate surface area is 180 Å². The van der Waals surface area contributed by atoms with Gasteiger partial charge in [-0.05, 0) is 44.2 Å². The van der Waals surface area contributed by atoms with E-state index < -0.39 is 0 Å². The zero-order valence-electron chi connectivity index (χ0n) is 17.1. The van der Waals surface area contributed by atoms with Crippen LogP contribution in [-0.2, 0) is 0 Å². The lowest BCUT2D eigenvalue weighted by molar-refractivity contribution is 0.0305. The highest BCUT2D eigenvalue weighted by atomic mass is 32.2. The van der Waals surface area contributed by atoms with Gasteiger partial charge in [0.1, 0.15) is 22.8 Å². The Bertz CT molecular complexity index is 1030. The maximum absolute atomic E-state index is 4.64.